The van der Waals surface area contributed by atoms with Gasteiger partial charge >= 0.3 is 0 Å². The van der Waals surface area contributed by atoms with E-state index in [1.54, 1.807) is 12.1 Å². The van der Waals surface area contributed by atoms with E-state index < -0.39 is 6.10 Å². The number of ether oxygens (including phenoxy) is 1. The van der Waals surface area contributed by atoms with Crippen molar-refractivity contribution in [2.45, 2.75) is 33.8 Å². The fourth-order valence-electron chi connectivity index (χ4n) is 1.97. The first-order valence-corrected chi connectivity index (χ1v) is 8.84. The molecule has 2 rings (SSSR count). The third-order valence-electron chi connectivity index (χ3n) is 3.02. The molecule has 2 N–H and O–H groups in total. The van der Waals surface area contributed by atoms with Gasteiger partial charge in [0.2, 0.25) is 0 Å². The molecule has 23 heavy (non-hydrogen) atoms. The molecule has 1 aromatic carbocycles. The van der Waals surface area contributed by atoms with Crippen molar-refractivity contribution in [2.24, 2.45) is 0 Å². The Balaban J connectivity index is 0.00000112. The summed E-state index contributed by atoms with van der Waals surface area (Å²) in [5.74, 6) is -0.117. The molecule has 4 nitrogen and oxygen atoms in total. The normalized spacial score (nSPS) is 14.8. The zero-order chi connectivity index (χ0) is 17.7. The van der Waals surface area contributed by atoms with Crippen LogP contribution in [0.4, 0.5) is 15.8 Å². The van der Waals surface area contributed by atoms with Crippen LogP contribution >= 0.6 is 11.6 Å². The molecule has 1 aliphatic rings. The van der Waals surface area contributed by atoms with Crippen molar-refractivity contribution in [2.75, 3.05) is 48.9 Å². The molecule has 0 saturated carbocycles. The van der Waals surface area contributed by atoms with E-state index in [1.165, 1.54) is 6.07 Å². The van der Waals surface area contributed by atoms with Gasteiger partial charge < -0.3 is 20.1 Å². The van der Waals surface area contributed by atoms with Gasteiger partial charge in [-0.15, -0.1) is 11.6 Å². The van der Waals surface area contributed by atoms with E-state index in [-0.39, 0.29) is 11.7 Å². The number of hydrogen-bond donors (Lipinski definition) is 2. The Morgan fingerprint density at radius 2 is 1.87 bits per heavy atom. The average Bonchev–Trinajstić information content (AvgIpc) is 2.64. The Morgan fingerprint density at radius 3 is 2.39 bits per heavy atom. The highest BCUT2D eigenvalue weighted by Gasteiger charge is 2.15. The summed E-state index contributed by atoms with van der Waals surface area (Å²) in [6, 6.07) is 4.98. The zero-order valence-corrected chi connectivity index (χ0v) is 15.4. The summed E-state index contributed by atoms with van der Waals surface area (Å²) < 4.78 is 19.3. The van der Waals surface area contributed by atoms with Gasteiger partial charge in [-0.25, -0.2) is 4.39 Å². The fraction of sp³-hybridized carbons (Fsp3) is 0.647. The van der Waals surface area contributed by atoms with Gasteiger partial charge in [-0.1, -0.05) is 27.7 Å². The Labute approximate surface area is 144 Å². The first kappa shape index (κ1) is 22.0. The first-order chi connectivity index (χ1) is 11.2. The van der Waals surface area contributed by atoms with Crippen molar-refractivity contribution >= 4 is 23.0 Å². The second-order valence-corrected chi connectivity index (χ2v) is 4.76. The highest BCUT2D eigenvalue weighted by Crippen LogP contribution is 2.23. The Kier molecular flexibility index (Phi) is 12.8. The quantitative estimate of drug-likeness (QED) is 0.796. The number of aliphatic hydroxyl groups excluding tert-OH is 1. The maximum absolute atomic E-state index is 14.0. The molecule has 0 aromatic heterocycles. The van der Waals surface area contributed by atoms with E-state index in [2.05, 4.69) is 5.32 Å². The molecular weight excluding hydrogens is 319 g/mol. The first-order valence-electron chi connectivity index (χ1n) is 8.31. The highest BCUT2D eigenvalue weighted by atomic mass is 35.5. The van der Waals surface area contributed by atoms with Gasteiger partial charge in [-0.3, -0.25) is 0 Å². The van der Waals surface area contributed by atoms with Crippen LogP contribution in [0.2, 0.25) is 0 Å². The van der Waals surface area contributed by atoms with Crippen LogP contribution in [-0.2, 0) is 4.74 Å². The number of anilines is 2. The molecule has 0 bridgehead atoms. The number of nitrogens with zero attached hydrogens (tertiary/aromatic N) is 1. The lowest BCUT2D eigenvalue weighted by molar-refractivity contribution is 0.122. The van der Waals surface area contributed by atoms with Crippen LogP contribution < -0.4 is 10.2 Å². The number of nitrogens with one attached hydrogen (secondary N) is 1. The molecule has 6 heteroatoms. The standard InChI is InChI=1S/C13H18ClFN2O2.2C2H6/c14-8-11(18)9-16-10-1-2-13(12(15)7-10)17-3-5-19-6-4-17;2*1-2/h1-2,7,11,16,18H,3-6,8-9H2;2*1-2H3. The monoisotopic (exact) mass is 348 g/mol. The summed E-state index contributed by atoms with van der Waals surface area (Å²) in [5, 5.41) is 12.3. The van der Waals surface area contributed by atoms with E-state index in [0.717, 1.165) is 0 Å². The lowest BCUT2D eigenvalue weighted by Gasteiger charge is -2.29. The van der Waals surface area contributed by atoms with Crippen LogP contribution in [0.15, 0.2) is 18.2 Å². The molecular formula is C17H30ClFN2O2. The largest absolute Gasteiger partial charge is 0.390 e. The van der Waals surface area contributed by atoms with Gasteiger partial charge in [0.1, 0.15) is 5.82 Å². The SMILES string of the molecule is CC.CC.OC(CCl)CNc1ccc(N2CCOCC2)c(F)c1. The van der Waals surface area contributed by atoms with Gasteiger partial charge in [0, 0.05) is 25.3 Å². The minimum Gasteiger partial charge on any atom is -0.390 e. The summed E-state index contributed by atoms with van der Waals surface area (Å²) >= 11 is 5.49. The van der Waals surface area contributed by atoms with E-state index in [9.17, 15) is 9.50 Å². The van der Waals surface area contributed by atoms with Gasteiger partial charge in [-0.05, 0) is 18.2 Å². The van der Waals surface area contributed by atoms with Crippen LogP contribution in [0.5, 0.6) is 0 Å². The van der Waals surface area contributed by atoms with Gasteiger partial charge in [0.05, 0.1) is 30.9 Å². The predicted molar refractivity (Wildman–Crippen MR) is 97.3 cm³/mol. The van der Waals surface area contributed by atoms with Gasteiger partial charge in [0.15, 0.2) is 0 Å². The number of alkyl halides is 1. The predicted octanol–water partition coefficient (Wildman–Crippen LogP) is 3.73. The Morgan fingerprint density at radius 1 is 1.26 bits per heavy atom. The van der Waals surface area contributed by atoms with Crippen LogP contribution in [0.1, 0.15) is 27.7 Å². The summed E-state index contributed by atoms with van der Waals surface area (Å²) in [6.07, 6.45) is -0.636. The minimum atomic E-state index is -0.636. The number of rotatable bonds is 5. The number of morpholine rings is 1. The van der Waals surface area contributed by atoms with E-state index in [0.29, 0.717) is 44.2 Å². The summed E-state index contributed by atoms with van der Waals surface area (Å²) in [4.78, 5) is 1.97. The van der Waals surface area contributed by atoms with Crippen molar-refractivity contribution in [3.05, 3.63) is 24.0 Å². The molecule has 1 saturated heterocycles. The molecule has 0 spiro atoms. The van der Waals surface area contributed by atoms with Gasteiger partial charge in [0.25, 0.3) is 0 Å². The second-order valence-electron chi connectivity index (χ2n) is 4.45. The smallest absolute Gasteiger partial charge is 0.148 e. The van der Waals surface area contributed by atoms with Crippen LogP contribution in [-0.4, -0.2) is 49.9 Å². The topological polar surface area (TPSA) is 44.7 Å². The van der Waals surface area contributed by atoms with Crippen molar-refractivity contribution in [1.29, 1.82) is 0 Å². The van der Waals surface area contributed by atoms with E-state index in [1.807, 2.05) is 32.6 Å². The number of halogens is 2. The van der Waals surface area contributed by atoms with Crippen molar-refractivity contribution in [3.63, 3.8) is 0 Å². The molecule has 1 aliphatic heterocycles. The maximum atomic E-state index is 14.0. The highest BCUT2D eigenvalue weighted by molar-refractivity contribution is 6.18. The average molecular weight is 349 g/mol. The fourth-order valence-corrected chi connectivity index (χ4v) is 2.08. The summed E-state index contributed by atoms with van der Waals surface area (Å²) in [7, 11) is 0. The van der Waals surface area contributed by atoms with Crippen molar-refractivity contribution < 1.29 is 14.2 Å². The molecule has 0 aliphatic carbocycles. The van der Waals surface area contributed by atoms with Crippen molar-refractivity contribution in [3.8, 4) is 0 Å². The van der Waals surface area contributed by atoms with Crippen LogP contribution in [0, 0.1) is 5.82 Å². The van der Waals surface area contributed by atoms with E-state index >= 15 is 0 Å². The third kappa shape index (κ3) is 7.86. The van der Waals surface area contributed by atoms with Crippen LogP contribution in [0.25, 0.3) is 0 Å². The van der Waals surface area contributed by atoms with Crippen molar-refractivity contribution in [1.82, 2.24) is 0 Å². The molecule has 0 radical (unpaired) electrons. The Bertz CT molecular complexity index is 416. The second kappa shape index (κ2) is 13.4. The number of benzene rings is 1. The Hall–Kier alpha value is -1.04. The molecule has 0 amide bonds. The number of aliphatic hydroxyl groups is 1. The molecule has 1 fully saturated rings. The summed E-state index contributed by atoms with van der Waals surface area (Å²) in [6.45, 7) is 11.0. The lowest BCUT2D eigenvalue weighted by Crippen LogP contribution is -2.36. The molecule has 1 aromatic rings. The van der Waals surface area contributed by atoms with Gasteiger partial charge in [-0.2, -0.15) is 0 Å². The third-order valence-corrected chi connectivity index (χ3v) is 3.38. The molecule has 1 heterocycles. The number of hydrogen-bond acceptors (Lipinski definition) is 4. The zero-order valence-electron chi connectivity index (χ0n) is 14.6. The van der Waals surface area contributed by atoms with E-state index in [4.69, 9.17) is 16.3 Å². The molecule has 1 atom stereocenters. The molecule has 1 unspecified atom stereocenters. The molecule has 134 valence electrons. The summed E-state index contributed by atoms with van der Waals surface area (Å²) in [5.41, 5.74) is 1.23. The van der Waals surface area contributed by atoms with Crippen LogP contribution in [0.3, 0.4) is 0 Å². The lowest BCUT2D eigenvalue weighted by atomic mass is 10.2. The minimum absolute atomic E-state index is 0.154. The maximum Gasteiger partial charge on any atom is 0.148 e.